The Hall–Kier alpha value is -2.29. The number of benzene rings is 2. The summed E-state index contributed by atoms with van der Waals surface area (Å²) in [7, 11) is 5.18. The van der Waals surface area contributed by atoms with Crippen molar-refractivity contribution in [2.45, 2.75) is 26.9 Å². The number of methoxy groups -OCH3 is 1. The van der Waals surface area contributed by atoms with Gasteiger partial charge in [-0.25, -0.2) is 4.99 Å². The van der Waals surface area contributed by atoms with Crippen molar-refractivity contribution >= 4 is 35.8 Å². The van der Waals surface area contributed by atoms with Gasteiger partial charge in [-0.2, -0.15) is 0 Å². The molecule has 0 unspecified atom stereocenters. The van der Waals surface area contributed by atoms with E-state index < -0.39 is 0 Å². The number of halogens is 1. The fourth-order valence-electron chi connectivity index (χ4n) is 2.70. The molecule has 0 atom stereocenters. The van der Waals surface area contributed by atoms with E-state index in [1.807, 2.05) is 44.2 Å². The topological polar surface area (TPSA) is 66.0 Å². The summed E-state index contributed by atoms with van der Waals surface area (Å²) in [5.74, 6) is 1.60. The molecule has 158 valence electrons. The van der Waals surface area contributed by atoms with Crippen molar-refractivity contribution < 1.29 is 9.53 Å². The Morgan fingerprint density at radius 1 is 1.10 bits per heavy atom. The highest BCUT2D eigenvalue weighted by Crippen LogP contribution is 2.19. The van der Waals surface area contributed by atoms with E-state index in [-0.39, 0.29) is 29.9 Å². The van der Waals surface area contributed by atoms with E-state index in [2.05, 4.69) is 27.8 Å². The van der Waals surface area contributed by atoms with Crippen LogP contribution >= 0.6 is 24.0 Å². The maximum atomic E-state index is 12.0. The third kappa shape index (κ3) is 7.56. The van der Waals surface area contributed by atoms with E-state index in [0.29, 0.717) is 18.7 Å². The number of amides is 1. The van der Waals surface area contributed by atoms with Gasteiger partial charge in [0.2, 0.25) is 0 Å². The molecule has 0 aliphatic rings. The number of hydrogen-bond acceptors (Lipinski definition) is 3. The number of hydrogen-bond donors (Lipinski definition) is 2. The van der Waals surface area contributed by atoms with Crippen molar-refractivity contribution in [2.75, 3.05) is 27.7 Å². The van der Waals surface area contributed by atoms with E-state index >= 15 is 0 Å². The van der Waals surface area contributed by atoms with Crippen LogP contribution in [0.2, 0.25) is 0 Å². The van der Waals surface area contributed by atoms with Gasteiger partial charge in [0.05, 0.1) is 13.7 Å². The summed E-state index contributed by atoms with van der Waals surface area (Å²) in [4.78, 5) is 18.2. The Bertz CT molecular complexity index is 820. The molecule has 0 aliphatic carbocycles. The molecule has 6 nitrogen and oxygen atoms in total. The Morgan fingerprint density at radius 3 is 2.38 bits per heavy atom. The molecule has 0 aromatic heterocycles. The molecule has 2 aromatic carbocycles. The number of ether oxygens (including phenoxy) is 1. The summed E-state index contributed by atoms with van der Waals surface area (Å²) >= 11 is 0. The normalized spacial score (nSPS) is 10.7. The highest BCUT2D eigenvalue weighted by molar-refractivity contribution is 14.0. The number of carbonyl (C=O) groups excluding carboxylic acids is 1. The van der Waals surface area contributed by atoms with E-state index in [1.54, 1.807) is 26.1 Å². The van der Waals surface area contributed by atoms with E-state index in [9.17, 15) is 4.79 Å². The molecular weight excluding hydrogens is 479 g/mol. The molecule has 29 heavy (non-hydrogen) atoms. The van der Waals surface area contributed by atoms with Gasteiger partial charge in [-0.3, -0.25) is 4.79 Å². The first kappa shape index (κ1) is 24.7. The van der Waals surface area contributed by atoms with Gasteiger partial charge in [0.15, 0.2) is 5.96 Å². The number of aryl methyl sites for hydroxylation is 1. The molecule has 0 fully saturated rings. The van der Waals surface area contributed by atoms with Crippen LogP contribution < -0.4 is 15.4 Å². The molecule has 0 spiro atoms. The van der Waals surface area contributed by atoms with Crippen LogP contribution in [0.3, 0.4) is 0 Å². The Balaban J connectivity index is 0.00000420. The van der Waals surface area contributed by atoms with Gasteiger partial charge in [0.25, 0.3) is 5.91 Å². The first-order chi connectivity index (χ1) is 13.4. The summed E-state index contributed by atoms with van der Waals surface area (Å²) in [6.45, 7) is 5.99. The van der Waals surface area contributed by atoms with Crippen LogP contribution in [0.5, 0.6) is 5.75 Å². The van der Waals surface area contributed by atoms with Crippen LogP contribution in [0, 0.1) is 6.92 Å². The number of guanidine groups is 1. The van der Waals surface area contributed by atoms with E-state index in [0.717, 1.165) is 34.9 Å². The minimum Gasteiger partial charge on any atom is -0.496 e. The van der Waals surface area contributed by atoms with Crippen LogP contribution in [0.4, 0.5) is 0 Å². The SMILES string of the molecule is CCNC(=NCc1ccc(C(=O)N(C)C)cc1)NCc1ccc(C)cc1OC.I. The second-order valence-electron chi connectivity index (χ2n) is 6.76. The minimum absolute atomic E-state index is 0. The molecular formula is C22H31IN4O2. The highest BCUT2D eigenvalue weighted by atomic mass is 127. The van der Waals surface area contributed by atoms with Crippen molar-refractivity contribution in [1.82, 2.24) is 15.5 Å². The van der Waals surface area contributed by atoms with E-state index in [4.69, 9.17) is 4.74 Å². The van der Waals surface area contributed by atoms with Gasteiger partial charge in [0, 0.05) is 38.3 Å². The summed E-state index contributed by atoms with van der Waals surface area (Å²) in [5, 5.41) is 6.60. The lowest BCUT2D eigenvalue weighted by Crippen LogP contribution is -2.36. The van der Waals surface area contributed by atoms with Crippen molar-refractivity contribution in [3.05, 3.63) is 64.7 Å². The highest BCUT2D eigenvalue weighted by Gasteiger charge is 2.08. The van der Waals surface area contributed by atoms with Crippen LogP contribution in [0.1, 0.15) is 34.0 Å². The fraction of sp³-hybridized carbons (Fsp3) is 0.364. The predicted molar refractivity (Wildman–Crippen MR) is 129 cm³/mol. The molecule has 1 amide bonds. The average Bonchev–Trinajstić information content (AvgIpc) is 2.70. The van der Waals surface area contributed by atoms with Crippen LogP contribution in [-0.2, 0) is 13.1 Å². The van der Waals surface area contributed by atoms with Gasteiger partial charge in [0.1, 0.15) is 5.75 Å². The molecule has 0 bridgehead atoms. The Kier molecular flexibility index (Phi) is 10.5. The monoisotopic (exact) mass is 510 g/mol. The Labute approximate surface area is 190 Å². The molecule has 7 heteroatoms. The molecule has 0 radical (unpaired) electrons. The molecule has 0 saturated carbocycles. The van der Waals surface area contributed by atoms with Crippen molar-refractivity contribution in [3.8, 4) is 5.75 Å². The van der Waals surface area contributed by atoms with Crippen LogP contribution in [0.15, 0.2) is 47.5 Å². The smallest absolute Gasteiger partial charge is 0.253 e. The van der Waals surface area contributed by atoms with E-state index in [1.165, 1.54) is 0 Å². The molecule has 2 N–H and O–H groups in total. The quantitative estimate of drug-likeness (QED) is 0.340. The third-order valence-electron chi connectivity index (χ3n) is 4.26. The molecule has 2 aromatic rings. The van der Waals surface area contributed by atoms with Crippen molar-refractivity contribution in [2.24, 2.45) is 4.99 Å². The second-order valence-corrected chi connectivity index (χ2v) is 6.76. The average molecular weight is 510 g/mol. The number of nitrogens with one attached hydrogen (secondary N) is 2. The Morgan fingerprint density at radius 2 is 1.79 bits per heavy atom. The lowest BCUT2D eigenvalue weighted by Gasteiger charge is -2.14. The summed E-state index contributed by atoms with van der Waals surface area (Å²) < 4.78 is 5.46. The van der Waals surface area contributed by atoms with Crippen molar-refractivity contribution in [3.63, 3.8) is 0 Å². The van der Waals surface area contributed by atoms with Gasteiger partial charge in [-0.1, -0.05) is 24.3 Å². The first-order valence-electron chi connectivity index (χ1n) is 9.41. The zero-order valence-corrected chi connectivity index (χ0v) is 20.1. The largest absolute Gasteiger partial charge is 0.496 e. The second kappa shape index (κ2) is 12.3. The predicted octanol–water partition coefficient (Wildman–Crippen LogP) is 3.58. The molecule has 0 aliphatic heterocycles. The maximum Gasteiger partial charge on any atom is 0.253 e. The van der Waals surface area contributed by atoms with Gasteiger partial charge in [-0.15, -0.1) is 24.0 Å². The zero-order valence-electron chi connectivity index (χ0n) is 17.8. The lowest BCUT2D eigenvalue weighted by atomic mass is 10.1. The van der Waals surface area contributed by atoms with Gasteiger partial charge < -0.3 is 20.3 Å². The summed E-state index contributed by atoms with van der Waals surface area (Å²) in [6.07, 6.45) is 0. The summed E-state index contributed by atoms with van der Waals surface area (Å²) in [5.41, 5.74) is 3.96. The minimum atomic E-state index is -0.00268. The van der Waals surface area contributed by atoms with Crippen LogP contribution in [0.25, 0.3) is 0 Å². The number of aliphatic imine (C=N–C) groups is 1. The zero-order chi connectivity index (χ0) is 20.5. The number of rotatable bonds is 7. The maximum absolute atomic E-state index is 12.0. The lowest BCUT2D eigenvalue weighted by molar-refractivity contribution is 0.0827. The van der Waals surface area contributed by atoms with Gasteiger partial charge >= 0.3 is 0 Å². The van der Waals surface area contributed by atoms with Crippen LogP contribution in [-0.4, -0.2) is 44.5 Å². The summed E-state index contributed by atoms with van der Waals surface area (Å²) in [6, 6.07) is 13.7. The number of nitrogens with zero attached hydrogens (tertiary/aromatic N) is 2. The third-order valence-corrected chi connectivity index (χ3v) is 4.26. The number of carbonyl (C=O) groups is 1. The first-order valence-corrected chi connectivity index (χ1v) is 9.41. The molecule has 0 heterocycles. The molecule has 0 saturated heterocycles. The standard InChI is InChI=1S/C22H30N4O2.HI/c1-6-23-22(25-15-19-10-7-16(2)13-20(19)28-5)24-14-17-8-11-18(12-9-17)21(27)26(3)4;/h7-13H,6,14-15H2,1-5H3,(H2,23,24,25);1H. The van der Waals surface area contributed by atoms with Gasteiger partial charge in [-0.05, 0) is 43.2 Å². The van der Waals surface area contributed by atoms with Crippen molar-refractivity contribution in [1.29, 1.82) is 0 Å². The molecule has 2 rings (SSSR count). The fourth-order valence-corrected chi connectivity index (χ4v) is 2.70.